The molecule has 0 aliphatic carbocycles. The Morgan fingerprint density at radius 3 is 2.04 bits per heavy atom. The molecule has 2 aliphatic heterocycles. The maximum atomic E-state index is 14.1. The topological polar surface area (TPSA) is 297 Å². The summed E-state index contributed by atoms with van der Waals surface area (Å²) in [6.45, 7) is -0.648. The predicted octanol–water partition coefficient (Wildman–Crippen LogP) is -2.69. The smallest absolute Gasteiger partial charge is 0.239 e. The van der Waals surface area contributed by atoms with Crippen LogP contribution in [-0.2, 0) is 14.2 Å². The van der Waals surface area contributed by atoms with Crippen LogP contribution in [0.25, 0.3) is 22.3 Å². The molecule has 19 heteroatoms. The quantitative estimate of drug-likeness (QED) is 0.0758. The minimum atomic E-state index is -1.98. The zero-order valence-electron chi connectivity index (χ0n) is 27.8. The van der Waals surface area contributed by atoms with E-state index in [9.17, 15) is 55.9 Å². The minimum absolute atomic E-state index is 0.0380. The van der Waals surface area contributed by atoms with E-state index in [1.165, 1.54) is 31.2 Å². The Morgan fingerprint density at radius 2 is 1.35 bits per heavy atom. The van der Waals surface area contributed by atoms with Gasteiger partial charge in [-0.05, 0) is 25.1 Å². The highest BCUT2D eigenvalue weighted by Crippen LogP contribution is 2.40. The van der Waals surface area contributed by atoms with Gasteiger partial charge >= 0.3 is 0 Å². The first-order valence-corrected chi connectivity index (χ1v) is 16.3. The molecule has 5 rings (SSSR count). The summed E-state index contributed by atoms with van der Waals surface area (Å²) >= 11 is 0. The molecule has 288 valence electrons. The number of fused-ring (bicyclic) bond motifs is 1. The molecule has 0 bridgehead atoms. The maximum Gasteiger partial charge on any atom is 0.239 e. The van der Waals surface area contributed by atoms with Crippen molar-refractivity contribution < 1.29 is 88.6 Å². The van der Waals surface area contributed by atoms with Crippen LogP contribution < -0.4 is 24.4 Å². The second-order valence-corrected chi connectivity index (χ2v) is 11.9. The first-order chi connectivity index (χ1) is 24.9. The SMILES string of the molecule is CC1O[C@@H](OCC2O[C@@H](Oc3c(-c4ccc(OCCO)c(OCCO)c4)oc4cc(OCCO)cc(O)c4c3=O)C(O)C(O)[C@@H]2O)C(O)C(O)[C@H]1O. The van der Waals surface area contributed by atoms with Crippen LogP contribution >= 0.6 is 0 Å². The normalized spacial score (nSPS) is 29.2. The Morgan fingerprint density at radius 1 is 0.712 bits per heavy atom. The Labute approximate surface area is 294 Å². The van der Waals surface area contributed by atoms with Crippen LogP contribution in [0.3, 0.4) is 0 Å². The van der Waals surface area contributed by atoms with Gasteiger partial charge in [-0.3, -0.25) is 4.79 Å². The van der Waals surface area contributed by atoms with Crippen molar-refractivity contribution in [2.75, 3.05) is 46.2 Å². The molecule has 3 heterocycles. The van der Waals surface area contributed by atoms with E-state index in [4.69, 9.17) is 37.6 Å². The highest BCUT2D eigenvalue weighted by atomic mass is 16.7. The Hall–Kier alpha value is -3.83. The van der Waals surface area contributed by atoms with Gasteiger partial charge in [-0.1, -0.05) is 0 Å². The summed E-state index contributed by atoms with van der Waals surface area (Å²) in [5, 5.41) is 101. The van der Waals surface area contributed by atoms with Crippen LogP contribution in [0.5, 0.6) is 28.7 Å². The average Bonchev–Trinajstić information content (AvgIpc) is 3.13. The molecule has 52 heavy (non-hydrogen) atoms. The van der Waals surface area contributed by atoms with Crippen LogP contribution in [0, 0.1) is 0 Å². The van der Waals surface area contributed by atoms with E-state index in [0.717, 1.165) is 6.07 Å². The molecule has 2 aliphatic rings. The van der Waals surface area contributed by atoms with Gasteiger partial charge in [-0.25, -0.2) is 0 Å². The van der Waals surface area contributed by atoms with Crippen molar-refractivity contribution in [1.82, 2.24) is 0 Å². The van der Waals surface area contributed by atoms with E-state index < -0.39 is 84.9 Å². The lowest BCUT2D eigenvalue weighted by Gasteiger charge is -2.42. The molecule has 10 N–H and O–H groups in total. The molecule has 1 aromatic heterocycles. The lowest BCUT2D eigenvalue weighted by Crippen LogP contribution is -2.61. The minimum Gasteiger partial charge on any atom is -0.507 e. The number of benzene rings is 2. The first kappa shape index (κ1) is 39.4. The lowest BCUT2D eigenvalue weighted by atomic mass is 9.98. The molecule has 0 radical (unpaired) electrons. The third-order valence-corrected chi connectivity index (χ3v) is 8.31. The molecule has 3 aromatic rings. The number of aliphatic hydroxyl groups is 9. The molecule has 0 amide bonds. The lowest BCUT2D eigenvalue weighted by molar-refractivity contribution is -0.318. The van der Waals surface area contributed by atoms with Gasteiger partial charge in [-0.2, -0.15) is 0 Å². The zero-order chi connectivity index (χ0) is 37.7. The van der Waals surface area contributed by atoms with Crippen molar-refractivity contribution in [3.8, 4) is 40.1 Å². The summed E-state index contributed by atoms with van der Waals surface area (Å²) in [6, 6.07) is 6.59. The molecule has 19 nitrogen and oxygen atoms in total. The summed E-state index contributed by atoms with van der Waals surface area (Å²) in [5.74, 6) is -1.31. The molecule has 0 spiro atoms. The third-order valence-electron chi connectivity index (χ3n) is 8.31. The van der Waals surface area contributed by atoms with Crippen molar-refractivity contribution in [2.45, 2.75) is 68.3 Å². The maximum absolute atomic E-state index is 14.1. The molecule has 10 atom stereocenters. The Bertz CT molecular complexity index is 1700. The van der Waals surface area contributed by atoms with E-state index in [1.807, 2.05) is 0 Å². The standard InChI is InChI=1S/C33H42O19/c1-14-23(38)26(41)28(43)32(49-14)48-13-21-24(39)27(42)29(44)33(51-21)52-31-25(40)22-17(37)11-16(45-7-4-34)12-20(22)50-30(31)15-2-3-18(46-8-5-35)19(10-15)47-9-6-36/h2-3,10-12,14,21,23-24,26-29,32-39,41-44H,4-9,13H2,1H3/t14?,21?,23-,24+,26?,27?,28?,29?,32+,33-/m0/s1. The summed E-state index contributed by atoms with van der Waals surface area (Å²) in [4.78, 5) is 14.1. The van der Waals surface area contributed by atoms with Crippen molar-refractivity contribution in [1.29, 1.82) is 0 Å². The number of hydrogen-bond donors (Lipinski definition) is 10. The number of hydrogen-bond acceptors (Lipinski definition) is 19. The van der Waals surface area contributed by atoms with Crippen LogP contribution in [0.2, 0.25) is 0 Å². The summed E-state index contributed by atoms with van der Waals surface area (Å²) in [7, 11) is 0. The van der Waals surface area contributed by atoms with Crippen molar-refractivity contribution in [2.24, 2.45) is 0 Å². The van der Waals surface area contributed by atoms with E-state index in [1.54, 1.807) is 0 Å². The second-order valence-electron chi connectivity index (χ2n) is 11.9. The number of aliphatic hydroxyl groups excluding tert-OH is 9. The van der Waals surface area contributed by atoms with Gasteiger partial charge < -0.3 is 88.6 Å². The number of phenols is 1. The van der Waals surface area contributed by atoms with Gasteiger partial charge in [0.15, 0.2) is 23.5 Å². The fraction of sp³-hybridized carbons (Fsp3) is 0.545. The van der Waals surface area contributed by atoms with E-state index in [0.29, 0.717) is 0 Å². The van der Waals surface area contributed by atoms with Crippen LogP contribution in [0.1, 0.15) is 6.92 Å². The second kappa shape index (κ2) is 17.3. The van der Waals surface area contributed by atoms with Gasteiger partial charge in [0, 0.05) is 17.7 Å². The van der Waals surface area contributed by atoms with Crippen molar-refractivity contribution in [3.05, 3.63) is 40.6 Å². The predicted molar refractivity (Wildman–Crippen MR) is 173 cm³/mol. The van der Waals surface area contributed by atoms with Crippen molar-refractivity contribution in [3.63, 3.8) is 0 Å². The molecular formula is C33H42O19. The number of aromatic hydroxyl groups is 1. The average molecular weight is 743 g/mol. The fourth-order valence-corrected chi connectivity index (χ4v) is 5.60. The monoisotopic (exact) mass is 742 g/mol. The summed E-state index contributed by atoms with van der Waals surface area (Å²) in [6.07, 6.45) is -16.3. The van der Waals surface area contributed by atoms with Crippen LogP contribution in [0.15, 0.2) is 39.5 Å². The fourth-order valence-electron chi connectivity index (χ4n) is 5.60. The molecular weight excluding hydrogens is 700 g/mol. The van der Waals surface area contributed by atoms with Gasteiger partial charge in [0.25, 0.3) is 0 Å². The molecule has 2 saturated heterocycles. The Kier molecular flexibility index (Phi) is 13.1. The summed E-state index contributed by atoms with van der Waals surface area (Å²) in [5.41, 5.74) is -1.08. The van der Waals surface area contributed by atoms with Crippen molar-refractivity contribution >= 4 is 11.0 Å². The van der Waals surface area contributed by atoms with Crippen LogP contribution in [0.4, 0.5) is 0 Å². The molecule has 2 aromatic carbocycles. The third kappa shape index (κ3) is 8.36. The number of ether oxygens (including phenoxy) is 7. The zero-order valence-corrected chi connectivity index (χ0v) is 27.8. The number of rotatable bonds is 15. The summed E-state index contributed by atoms with van der Waals surface area (Å²) < 4.78 is 45.1. The van der Waals surface area contributed by atoms with E-state index >= 15 is 0 Å². The highest BCUT2D eigenvalue weighted by Gasteiger charge is 2.48. The molecule has 6 unspecified atom stereocenters. The number of phenolic OH excluding ortho intramolecular Hbond substituents is 1. The van der Waals surface area contributed by atoms with Gasteiger partial charge in [0.05, 0.1) is 32.5 Å². The van der Waals surface area contributed by atoms with E-state index in [-0.39, 0.29) is 79.2 Å². The molecule has 0 saturated carbocycles. The van der Waals surface area contributed by atoms with Gasteiger partial charge in [0.2, 0.25) is 17.5 Å². The first-order valence-electron chi connectivity index (χ1n) is 16.3. The van der Waals surface area contributed by atoms with E-state index in [2.05, 4.69) is 0 Å². The highest BCUT2D eigenvalue weighted by molar-refractivity contribution is 5.88. The Balaban J connectivity index is 1.53. The molecule has 2 fully saturated rings. The van der Waals surface area contributed by atoms with Gasteiger partial charge in [-0.15, -0.1) is 0 Å². The largest absolute Gasteiger partial charge is 0.507 e. The van der Waals surface area contributed by atoms with Crippen LogP contribution in [-0.4, -0.2) is 159 Å². The van der Waals surface area contributed by atoms with Gasteiger partial charge in [0.1, 0.15) is 85.0 Å².